The molecule has 1 aromatic rings. The number of hydrogen-bond donors (Lipinski definition) is 1. The normalized spacial score (nSPS) is 20.8. The Bertz CT molecular complexity index is 307. The number of hydrogen-bond acceptors (Lipinski definition) is 1. The summed E-state index contributed by atoms with van der Waals surface area (Å²) in [4.78, 5) is 0. The summed E-state index contributed by atoms with van der Waals surface area (Å²) in [6.45, 7) is 2.04. The van der Waals surface area contributed by atoms with E-state index < -0.39 is 0 Å². The molecular formula is C9H10ClN. The highest BCUT2D eigenvalue weighted by Crippen LogP contribution is 2.36. The van der Waals surface area contributed by atoms with Gasteiger partial charge in [-0.1, -0.05) is 17.7 Å². The number of fused-ring (bicyclic) bond motifs is 1. The molecule has 1 nitrogen and oxygen atoms in total. The second-order valence-corrected chi connectivity index (χ2v) is 3.53. The molecule has 1 aliphatic rings. The number of rotatable bonds is 0. The first-order chi connectivity index (χ1) is 5.18. The van der Waals surface area contributed by atoms with Gasteiger partial charge in [-0.05, 0) is 36.1 Å². The zero-order valence-corrected chi connectivity index (χ0v) is 7.15. The van der Waals surface area contributed by atoms with E-state index in [2.05, 4.69) is 6.07 Å². The van der Waals surface area contributed by atoms with Gasteiger partial charge < -0.3 is 5.73 Å². The number of nitrogens with two attached hydrogens (primary N) is 1. The standard InChI is InChI=1S/C9H10ClN/c1-5-2-7-6(4-9(7)11)8(10)3-5/h2-3,9H,4,11H2,1H3. The first-order valence-corrected chi connectivity index (χ1v) is 4.11. The van der Waals surface area contributed by atoms with Crippen LogP contribution < -0.4 is 5.73 Å². The molecular weight excluding hydrogens is 158 g/mol. The quantitative estimate of drug-likeness (QED) is 0.630. The van der Waals surface area contributed by atoms with Crippen LogP contribution in [0.1, 0.15) is 22.7 Å². The summed E-state index contributed by atoms with van der Waals surface area (Å²) in [6.07, 6.45) is 0.939. The summed E-state index contributed by atoms with van der Waals surface area (Å²) in [5, 5.41) is 0.877. The Morgan fingerprint density at radius 3 is 2.91 bits per heavy atom. The second-order valence-electron chi connectivity index (χ2n) is 3.13. The van der Waals surface area contributed by atoms with E-state index in [1.165, 1.54) is 16.7 Å². The van der Waals surface area contributed by atoms with Crippen molar-refractivity contribution < 1.29 is 0 Å². The molecule has 0 amide bonds. The topological polar surface area (TPSA) is 26.0 Å². The van der Waals surface area contributed by atoms with Gasteiger partial charge in [0.05, 0.1) is 0 Å². The number of aryl methyl sites for hydroxylation is 1. The summed E-state index contributed by atoms with van der Waals surface area (Å²) in [5.41, 5.74) is 9.44. The average Bonchev–Trinajstić information content (AvgIpc) is 1.93. The molecule has 11 heavy (non-hydrogen) atoms. The highest BCUT2D eigenvalue weighted by Gasteiger charge is 2.24. The van der Waals surface area contributed by atoms with Crippen LogP contribution in [-0.4, -0.2) is 0 Å². The summed E-state index contributed by atoms with van der Waals surface area (Å²) < 4.78 is 0. The Morgan fingerprint density at radius 2 is 2.27 bits per heavy atom. The van der Waals surface area contributed by atoms with E-state index in [0.717, 1.165) is 11.4 Å². The zero-order valence-electron chi connectivity index (χ0n) is 6.39. The van der Waals surface area contributed by atoms with Gasteiger partial charge in [0.2, 0.25) is 0 Å². The molecule has 0 fully saturated rings. The molecule has 58 valence electrons. The minimum absolute atomic E-state index is 0.224. The molecule has 1 atom stereocenters. The molecule has 1 unspecified atom stereocenters. The SMILES string of the molecule is Cc1cc(Cl)c2c(c1)C(N)C2. The maximum Gasteiger partial charge on any atom is 0.0444 e. The van der Waals surface area contributed by atoms with Crippen molar-refractivity contribution in [1.82, 2.24) is 0 Å². The Labute approximate surface area is 71.2 Å². The molecule has 0 saturated carbocycles. The van der Waals surface area contributed by atoms with Gasteiger partial charge >= 0.3 is 0 Å². The van der Waals surface area contributed by atoms with E-state index in [0.29, 0.717) is 0 Å². The van der Waals surface area contributed by atoms with E-state index in [-0.39, 0.29) is 6.04 Å². The molecule has 2 heteroatoms. The Balaban J connectivity index is 2.58. The molecule has 0 bridgehead atoms. The molecule has 0 radical (unpaired) electrons. The fourth-order valence-electron chi connectivity index (χ4n) is 1.54. The van der Waals surface area contributed by atoms with Crippen molar-refractivity contribution in [1.29, 1.82) is 0 Å². The van der Waals surface area contributed by atoms with Gasteiger partial charge in [-0.2, -0.15) is 0 Å². The Morgan fingerprint density at radius 1 is 1.55 bits per heavy atom. The van der Waals surface area contributed by atoms with Crippen LogP contribution in [0.4, 0.5) is 0 Å². The molecule has 1 aromatic carbocycles. The Kier molecular flexibility index (Phi) is 1.44. The van der Waals surface area contributed by atoms with E-state index in [1.54, 1.807) is 0 Å². The molecule has 2 N–H and O–H groups in total. The summed E-state index contributed by atoms with van der Waals surface area (Å²) in [7, 11) is 0. The van der Waals surface area contributed by atoms with E-state index in [4.69, 9.17) is 17.3 Å². The van der Waals surface area contributed by atoms with Crippen LogP contribution in [0.15, 0.2) is 12.1 Å². The third kappa shape index (κ3) is 0.959. The lowest BCUT2D eigenvalue weighted by Crippen LogP contribution is -2.25. The zero-order chi connectivity index (χ0) is 8.01. The van der Waals surface area contributed by atoms with E-state index >= 15 is 0 Å². The average molecular weight is 168 g/mol. The Hall–Kier alpha value is -0.530. The predicted molar refractivity (Wildman–Crippen MR) is 46.8 cm³/mol. The summed E-state index contributed by atoms with van der Waals surface area (Å²) in [6, 6.07) is 4.34. The first kappa shape index (κ1) is 7.14. The maximum atomic E-state index is 5.98. The van der Waals surface area contributed by atoms with Gasteiger partial charge in [0.25, 0.3) is 0 Å². The largest absolute Gasteiger partial charge is 0.324 e. The van der Waals surface area contributed by atoms with E-state index in [9.17, 15) is 0 Å². The van der Waals surface area contributed by atoms with E-state index in [1.807, 2.05) is 13.0 Å². The molecule has 0 heterocycles. The lowest BCUT2D eigenvalue weighted by molar-refractivity contribution is 0.635. The lowest BCUT2D eigenvalue weighted by atomic mass is 9.83. The number of benzene rings is 1. The van der Waals surface area contributed by atoms with Crippen LogP contribution >= 0.6 is 11.6 Å². The van der Waals surface area contributed by atoms with Gasteiger partial charge in [0.1, 0.15) is 0 Å². The lowest BCUT2D eigenvalue weighted by Gasteiger charge is -2.28. The van der Waals surface area contributed by atoms with Gasteiger partial charge in [-0.15, -0.1) is 0 Å². The monoisotopic (exact) mass is 167 g/mol. The minimum Gasteiger partial charge on any atom is -0.324 e. The molecule has 0 spiro atoms. The highest BCUT2D eigenvalue weighted by atomic mass is 35.5. The van der Waals surface area contributed by atoms with Crippen molar-refractivity contribution in [2.24, 2.45) is 5.73 Å². The third-order valence-electron chi connectivity index (χ3n) is 2.20. The van der Waals surface area contributed by atoms with Crippen LogP contribution in [0.3, 0.4) is 0 Å². The van der Waals surface area contributed by atoms with Gasteiger partial charge in [0, 0.05) is 11.1 Å². The van der Waals surface area contributed by atoms with Crippen LogP contribution in [0.2, 0.25) is 5.02 Å². The molecule has 0 aliphatic heterocycles. The van der Waals surface area contributed by atoms with Crippen molar-refractivity contribution in [2.45, 2.75) is 19.4 Å². The third-order valence-corrected chi connectivity index (χ3v) is 2.54. The van der Waals surface area contributed by atoms with Gasteiger partial charge in [-0.3, -0.25) is 0 Å². The summed E-state index contributed by atoms with van der Waals surface area (Å²) in [5.74, 6) is 0. The molecule has 1 aliphatic carbocycles. The fourth-order valence-corrected chi connectivity index (χ4v) is 1.90. The van der Waals surface area contributed by atoms with Crippen molar-refractivity contribution in [3.63, 3.8) is 0 Å². The fraction of sp³-hybridized carbons (Fsp3) is 0.333. The van der Waals surface area contributed by atoms with Crippen molar-refractivity contribution >= 4 is 11.6 Å². The van der Waals surface area contributed by atoms with Crippen LogP contribution in [0, 0.1) is 6.92 Å². The smallest absolute Gasteiger partial charge is 0.0444 e. The van der Waals surface area contributed by atoms with Crippen LogP contribution in [-0.2, 0) is 6.42 Å². The van der Waals surface area contributed by atoms with Crippen molar-refractivity contribution in [2.75, 3.05) is 0 Å². The second kappa shape index (κ2) is 2.23. The van der Waals surface area contributed by atoms with Crippen LogP contribution in [0.5, 0.6) is 0 Å². The van der Waals surface area contributed by atoms with Crippen molar-refractivity contribution in [3.05, 3.63) is 33.8 Å². The van der Waals surface area contributed by atoms with Gasteiger partial charge in [-0.25, -0.2) is 0 Å². The first-order valence-electron chi connectivity index (χ1n) is 3.73. The number of halogens is 1. The summed E-state index contributed by atoms with van der Waals surface area (Å²) >= 11 is 5.98. The molecule has 0 aromatic heterocycles. The predicted octanol–water partition coefficient (Wildman–Crippen LogP) is 2.20. The minimum atomic E-state index is 0.224. The van der Waals surface area contributed by atoms with Crippen molar-refractivity contribution in [3.8, 4) is 0 Å². The molecule has 2 rings (SSSR count). The molecule has 0 saturated heterocycles. The van der Waals surface area contributed by atoms with Crippen LogP contribution in [0.25, 0.3) is 0 Å². The highest BCUT2D eigenvalue weighted by molar-refractivity contribution is 6.31. The maximum absolute atomic E-state index is 5.98. The van der Waals surface area contributed by atoms with Gasteiger partial charge in [0.15, 0.2) is 0 Å².